The van der Waals surface area contributed by atoms with Crippen LogP contribution in [0.5, 0.6) is 11.5 Å². The smallest absolute Gasteiger partial charge is 0.367 e. The van der Waals surface area contributed by atoms with Crippen LogP contribution in [0.3, 0.4) is 0 Å². The molecule has 7 heteroatoms. The summed E-state index contributed by atoms with van der Waals surface area (Å²) in [4.78, 5) is 26.2. The molecule has 0 saturated heterocycles. The molecule has 0 bridgehead atoms. The number of quaternary nitrogens is 2. The Hall–Kier alpha value is -2.74. The van der Waals surface area contributed by atoms with Crippen LogP contribution in [0, 0.1) is 13.8 Å². The van der Waals surface area contributed by atoms with Crippen molar-refractivity contribution in [3.63, 3.8) is 0 Å². The summed E-state index contributed by atoms with van der Waals surface area (Å²) in [6, 6.07) is 11.9. The number of likely N-dealkylation sites (N-methyl/N-ethyl adjacent to an activating group) is 2. The molecule has 0 radical (unpaired) electrons. The lowest BCUT2D eigenvalue weighted by molar-refractivity contribution is -0.976. The molecule has 41 heavy (non-hydrogen) atoms. The summed E-state index contributed by atoms with van der Waals surface area (Å²) in [5, 5.41) is 11.8. The maximum Gasteiger partial charge on any atom is 0.367 e. The van der Waals surface area contributed by atoms with Crippen LogP contribution in [0.4, 0.5) is 0 Å². The topological polar surface area (TPSA) is 72.8 Å². The van der Waals surface area contributed by atoms with Gasteiger partial charge in [-0.2, -0.15) is 0 Å². The quantitative estimate of drug-likeness (QED) is 0.145. The van der Waals surface area contributed by atoms with Crippen molar-refractivity contribution in [2.24, 2.45) is 0 Å². The predicted octanol–water partition coefficient (Wildman–Crippen LogP) is 6.09. The third kappa shape index (κ3) is 8.63. The van der Waals surface area contributed by atoms with Crippen LogP contribution in [-0.4, -0.2) is 78.6 Å². The lowest BCUT2D eigenvalue weighted by Crippen LogP contribution is -2.67. The normalized spacial score (nSPS) is 14.2. The fraction of sp³-hybridized carbons (Fsp3) is 0.588. The number of benzene rings is 2. The van der Waals surface area contributed by atoms with Crippen LogP contribution < -0.4 is 9.47 Å². The van der Waals surface area contributed by atoms with Crippen molar-refractivity contribution in [3.8, 4) is 11.5 Å². The molecule has 2 aromatic carbocycles. The number of hydrogen-bond donors (Lipinski definition) is 1. The molecular weight excluding hydrogens is 516 g/mol. The molecule has 0 saturated carbocycles. The van der Waals surface area contributed by atoms with E-state index in [1.807, 2.05) is 86.2 Å². The van der Waals surface area contributed by atoms with Crippen molar-refractivity contribution in [2.75, 3.05) is 41.3 Å². The average Bonchev–Trinajstić information content (AvgIpc) is 2.80. The van der Waals surface area contributed by atoms with E-state index in [1.165, 1.54) is 0 Å². The first-order chi connectivity index (χ1) is 18.6. The minimum atomic E-state index is -1.29. The van der Waals surface area contributed by atoms with E-state index in [9.17, 15) is 14.7 Å². The number of ether oxygens (including phenoxy) is 2. The van der Waals surface area contributed by atoms with Gasteiger partial charge in [0.2, 0.25) is 5.72 Å². The van der Waals surface area contributed by atoms with Crippen LogP contribution in [0.2, 0.25) is 0 Å². The molecule has 0 aromatic heterocycles. The minimum absolute atomic E-state index is 0.00379. The second-order valence-corrected chi connectivity index (χ2v) is 14.2. The van der Waals surface area contributed by atoms with Gasteiger partial charge in [-0.25, -0.2) is 9.59 Å². The average molecular weight is 571 g/mol. The van der Waals surface area contributed by atoms with Gasteiger partial charge in [-0.15, -0.1) is 0 Å². The van der Waals surface area contributed by atoms with Crippen LogP contribution in [0.15, 0.2) is 36.4 Å². The molecule has 0 fully saturated rings. The highest BCUT2D eigenvalue weighted by atomic mass is 16.5. The largest absolute Gasteiger partial charge is 0.422 e. The summed E-state index contributed by atoms with van der Waals surface area (Å²) >= 11 is 0. The highest BCUT2D eigenvalue weighted by molar-refractivity contribution is 5.74. The second kappa shape index (κ2) is 12.6. The van der Waals surface area contributed by atoms with E-state index in [-0.39, 0.29) is 28.0 Å². The Labute approximate surface area is 248 Å². The van der Waals surface area contributed by atoms with Gasteiger partial charge < -0.3 is 19.1 Å². The Morgan fingerprint density at radius 1 is 0.732 bits per heavy atom. The van der Waals surface area contributed by atoms with E-state index in [2.05, 4.69) is 33.8 Å². The van der Waals surface area contributed by atoms with Gasteiger partial charge in [0.05, 0.1) is 34.6 Å². The molecule has 2 rings (SSSR count). The number of hydrogen-bond acceptors (Lipinski definition) is 5. The van der Waals surface area contributed by atoms with Gasteiger partial charge in [-0.3, -0.25) is 4.48 Å². The van der Waals surface area contributed by atoms with Crippen LogP contribution in [0.25, 0.3) is 0 Å². The first kappa shape index (κ1) is 34.5. The number of aryl methyl sites for hydroxylation is 2. The maximum atomic E-state index is 13.1. The fourth-order valence-corrected chi connectivity index (χ4v) is 4.76. The maximum absolute atomic E-state index is 13.1. The van der Waals surface area contributed by atoms with Gasteiger partial charge in [-0.1, -0.05) is 52.0 Å². The Balaban J connectivity index is 2.14. The van der Waals surface area contributed by atoms with Gasteiger partial charge in [0.15, 0.2) is 13.1 Å². The zero-order chi connectivity index (χ0) is 31.6. The first-order valence-electron chi connectivity index (χ1n) is 14.6. The van der Waals surface area contributed by atoms with E-state index in [1.54, 1.807) is 6.92 Å². The SMILES string of the molecule is Cc1ccc(C(C)C)cc1OC(=O)C[N+](C)(C)C(C)(C)CC(C)(O)[N+](C)(C)CC(=O)Oc1cc(C(C)C)ccc1C. The zero-order valence-electron chi connectivity index (χ0n) is 27.7. The standard InChI is InChI=1S/C34H54N2O5/c1-23(2)27-16-14-25(5)29(18-27)40-31(37)20-35(10,11)33(7,8)22-34(9,39)36(12,13)21-32(38)41-30-19-28(24(3)4)17-15-26(30)6/h14-19,23-24,39H,20-22H2,1-13H3/q+2. The van der Waals surface area contributed by atoms with E-state index >= 15 is 0 Å². The molecule has 1 atom stereocenters. The molecule has 0 aliphatic heterocycles. The summed E-state index contributed by atoms with van der Waals surface area (Å²) in [5.74, 6) is 1.03. The third-order valence-corrected chi connectivity index (χ3v) is 8.96. The number of aliphatic hydroxyl groups is 1. The van der Waals surface area contributed by atoms with Crippen LogP contribution in [-0.2, 0) is 9.59 Å². The predicted molar refractivity (Wildman–Crippen MR) is 165 cm³/mol. The number of rotatable bonds is 12. The molecule has 0 spiro atoms. The highest BCUT2D eigenvalue weighted by Crippen LogP contribution is 2.35. The lowest BCUT2D eigenvalue weighted by Gasteiger charge is -2.50. The Morgan fingerprint density at radius 3 is 1.46 bits per heavy atom. The number of esters is 2. The fourth-order valence-electron chi connectivity index (χ4n) is 4.76. The number of carbonyl (C=O) groups is 2. The van der Waals surface area contributed by atoms with E-state index < -0.39 is 17.2 Å². The first-order valence-corrected chi connectivity index (χ1v) is 14.6. The van der Waals surface area contributed by atoms with Crippen molar-refractivity contribution < 1.29 is 33.1 Å². The number of carbonyl (C=O) groups excluding carboxylic acids is 2. The molecule has 0 aliphatic rings. The molecule has 228 valence electrons. The lowest BCUT2D eigenvalue weighted by atomic mass is 9.88. The van der Waals surface area contributed by atoms with Crippen molar-refractivity contribution in [3.05, 3.63) is 58.7 Å². The molecule has 0 heterocycles. The van der Waals surface area contributed by atoms with Crippen LogP contribution in [0.1, 0.15) is 89.0 Å². The summed E-state index contributed by atoms with van der Waals surface area (Å²) in [7, 11) is 7.59. The molecule has 1 unspecified atom stereocenters. The van der Waals surface area contributed by atoms with Crippen LogP contribution >= 0.6 is 0 Å². The molecule has 7 nitrogen and oxygen atoms in total. The van der Waals surface area contributed by atoms with E-state index in [0.29, 0.717) is 29.8 Å². The van der Waals surface area contributed by atoms with Crippen molar-refractivity contribution in [1.29, 1.82) is 0 Å². The highest BCUT2D eigenvalue weighted by Gasteiger charge is 2.51. The molecule has 0 amide bonds. The summed E-state index contributed by atoms with van der Waals surface area (Å²) in [6.07, 6.45) is 0.324. The van der Waals surface area contributed by atoms with Gasteiger partial charge >= 0.3 is 11.9 Å². The Kier molecular flexibility index (Phi) is 10.6. The summed E-state index contributed by atoms with van der Waals surface area (Å²) in [6.45, 7) is 18.2. The van der Waals surface area contributed by atoms with Gasteiger partial charge in [0.25, 0.3) is 0 Å². The minimum Gasteiger partial charge on any atom is -0.422 e. The third-order valence-electron chi connectivity index (χ3n) is 8.96. The van der Waals surface area contributed by atoms with E-state index in [0.717, 1.165) is 22.3 Å². The van der Waals surface area contributed by atoms with Gasteiger partial charge in [0.1, 0.15) is 17.0 Å². The second-order valence-electron chi connectivity index (χ2n) is 14.2. The van der Waals surface area contributed by atoms with Crippen molar-refractivity contribution in [2.45, 2.75) is 91.8 Å². The Bertz CT molecular complexity index is 1150. The van der Waals surface area contributed by atoms with Gasteiger partial charge in [0, 0.05) is 6.92 Å². The number of nitrogens with zero attached hydrogens (tertiary/aromatic N) is 2. The zero-order valence-corrected chi connectivity index (χ0v) is 27.7. The molecule has 1 N–H and O–H groups in total. The van der Waals surface area contributed by atoms with Gasteiger partial charge in [-0.05, 0) is 73.9 Å². The van der Waals surface area contributed by atoms with Crippen molar-refractivity contribution >= 4 is 11.9 Å². The summed E-state index contributed by atoms with van der Waals surface area (Å²) in [5.41, 5.74) is 2.18. The van der Waals surface area contributed by atoms with E-state index in [4.69, 9.17) is 9.47 Å². The Morgan fingerprint density at radius 2 is 1.10 bits per heavy atom. The monoisotopic (exact) mass is 570 g/mol. The summed E-state index contributed by atoms with van der Waals surface area (Å²) < 4.78 is 11.9. The van der Waals surface area contributed by atoms with Crippen molar-refractivity contribution in [1.82, 2.24) is 0 Å². The molecule has 0 aliphatic carbocycles. The molecular formula is C34H54N2O5+2. The molecule has 2 aromatic rings.